The molecule has 174 valence electrons. The molecule has 0 radical (unpaired) electrons. The van der Waals surface area contributed by atoms with Gasteiger partial charge in [0, 0.05) is 29.1 Å². The first-order valence-electron chi connectivity index (χ1n) is 11.4. The van der Waals surface area contributed by atoms with Crippen LogP contribution in [0.3, 0.4) is 0 Å². The van der Waals surface area contributed by atoms with Gasteiger partial charge in [-0.05, 0) is 55.5 Å². The molecule has 1 N–H and O–H groups in total. The maximum atomic E-state index is 13.1. The highest BCUT2D eigenvalue weighted by Gasteiger charge is 2.32. The Kier molecular flexibility index (Phi) is 7.26. The molecule has 33 heavy (non-hydrogen) atoms. The van der Waals surface area contributed by atoms with Gasteiger partial charge in [0.05, 0.1) is 10.6 Å². The molecule has 1 aliphatic heterocycles. The highest BCUT2D eigenvalue weighted by molar-refractivity contribution is 7.89. The van der Waals surface area contributed by atoms with E-state index in [-0.39, 0.29) is 16.8 Å². The predicted octanol–water partition coefficient (Wildman–Crippen LogP) is 5.58. The van der Waals surface area contributed by atoms with Gasteiger partial charge in [-0.15, -0.1) is 11.3 Å². The Balaban J connectivity index is 1.45. The molecule has 6 nitrogen and oxygen atoms in total. The van der Waals surface area contributed by atoms with E-state index in [0.717, 1.165) is 43.4 Å². The third-order valence-corrected chi connectivity index (χ3v) is 8.87. The second-order valence-electron chi connectivity index (χ2n) is 8.24. The van der Waals surface area contributed by atoms with Crippen LogP contribution in [0.25, 0.3) is 11.3 Å². The molecule has 2 heterocycles. The summed E-state index contributed by atoms with van der Waals surface area (Å²) in [4.78, 5) is 17.4. The van der Waals surface area contributed by atoms with Crippen molar-refractivity contribution in [2.75, 3.05) is 11.9 Å². The highest BCUT2D eigenvalue weighted by atomic mass is 32.2. The summed E-state index contributed by atoms with van der Waals surface area (Å²) in [6, 6.07) is 14.4. The molecule has 1 fully saturated rings. The quantitative estimate of drug-likeness (QED) is 0.476. The first-order chi connectivity index (χ1) is 15.9. The molecule has 1 saturated heterocycles. The number of piperidine rings is 1. The van der Waals surface area contributed by atoms with Crippen molar-refractivity contribution in [3.63, 3.8) is 0 Å². The number of sulfonamides is 1. The Bertz CT molecular complexity index is 1200. The average molecular weight is 484 g/mol. The Morgan fingerprint density at radius 1 is 1.09 bits per heavy atom. The van der Waals surface area contributed by atoms with Crippen molar-refractivity contribution < 1.29 is 13.2 Å². The normalized spacial score (nSPS) is 17.1. The van der Waals surface area contributed by atoms with Gasteiger partial charge in [-0.3, -0.25) is 10.1 Å². The predicted molar refractivity (Wildman–Crippen MR) is 133 cm³/mol. The van der Waals surface area contributed by atoms with E-state index in [9.17, 15) is 13.2 Å². The fourth-order valence-electron chi connectivity index (χ4n) is 4.16. The maximum absolute atomic E-state index is 13.1. The number of amides is 1. The van der Waals surface area contributed by atoms with Gasteiger partial charge in [-0.2, -0.15) is 4.31 Å². The third-order valence-electron chi connectivity index (χ3n) is 6.15. The van der Waals surface area contributed by atoms with Crippen LogP contribution in [0, 0.1) is 0 Å². The first kappa shape index (κ1) is 23.6. The van der Waals surface area contributed by atoms with Crippen molar-refractivity contribution >= 4 is 32.4 Å². The molecule has 1 amide bonds. The van der Waals surface area contributed by atoms with E-state index in [1.807, 2.05) is 24.4 Å². The van der Waals surface area contributed by atoms with Crippen LogP contribution in [-0.4, -0.2) is 36.2 Å². The van der Waals surface area contributed by atoms with Gasteiger partial charge in [0.25, 0.3) is 5.91 Å². The lowest BCUT2D eigenvalue weighted by Crippen LogP contribution is -2.43. The van der Waals surface area contributed by atoms with E-state index in [2.05, 4.69) is 29.4 Å². The summed E-state index contributed by atoms with van der Waals surface area (Å²) in [7, 11) is -3.57. The number of thiazole rings is 1. The largest absolute Gasteiger partial charge is 0.298 e. The summed E-state index contributed by atoms with van der Waals surface area (Å²) in [5.74, 6) is -0.314. The van der Waals surface area contributed by atoms with Crippen LogP contribution in [-0.2, 0) is 16.4 Å². The lowest BCUT2D eigenvalue weighted by atomic mass is 10.0. The number of nitrogens with one attached hydrogen (secondary N) is 1. The number of rotatable bonds is 7. The lowest BCUT2D eigenvalue weighted by Gasteiger charge is -2.34. The van der Waals surface area contributed by atoms with Crippen molar-refractivity contribution in [3.05, 3.63) is 65.0 Å². The second-order valence-corrected chi connectivity index (χ2v) is 11.0. The molecule has 2 aromatic carbocycles. The molecule has 3 aromatic rings. The minimum absolute atomic E-state index is 0.0454. The van der Waals surface area contributed by atoms with Gasteiger partial charge >= 0.3 is 0 Å². The molecule has 1 aliphatic rings. The molecule has 0 aliphatic carbocycles. The van der Waals surface area contributed by atoms with E-state index in [4.69, 9.17) is 0 Å². The van der Waals surface area contributed by atoms with Crippen LogP contribution in [0.5, 0.6) is 0 Å². The Hall–Kier alpha value is -2.55. The topological polar surface area (TPSA) is 79.4 Å². The average Bonchev–Trinajstić information content (AvgIpc) is 3.32. The molecule has 8 heteroatoms. The summed E-state index contributed by atoms with van der Waals surface area (Å²) in [5, 5.41) is 5.23. The van der Waals surface area contributed by atoms with Gasteiger partial charge in [0.15, 0.2) is 5.13 Å². The standard InChI is InChI=1S/C25H29N3O3S2/c1-3-18-8-10-19(11-9-18)23-17-32-25(26-23)27-24(29)20-12-14-22(15-13-20)33(30,31)28-16-6-5-7-21(28)4-2/h8-15,17,21H,3-7,16H2,1-2H3,(H,26,27,29). The number of aryl methyl sites for hydroxylation is 1. The van der Waals surface area contributed by atoms with Crippen LogP contribution in [0.2, 0.25) is 0 Å². The number of aromatic nitrogens is 1. The van der Waals surface area contributed by atoms with E-state index in [1.54, 1.807) is 16.4 Å². The summed E-state index contributed by atoms with van der Waals surface area (Å²) in [6.45, 7) is 4.69. The minimum atomic E-state index is -3.57. The molecule has 1 aromatic heterocycles. The number of hydrogen-bond donors (Lipinski definition) is 1. The Morgan fingerprint density at radius 2 is 1.82 bits per heavy atom. The minimum Gasteiger partial charge on any atom is -0.298 e. The molecule has 1 atom stereocenters. The van der Waals surface area contributed by atoms with E-state index in [1.165, 1.54) is 29.0 Å². The maximum Gasteiger partial charge on any atom is 0.257 e. The second kappa shape index (κ2) is 10.2. The first-order valence-corrected chi connectivity index (χ1v) is 13.7. The molecule has 4 rings (SSSR count). The van der Waals surface area contributed by atoms with Gasteiger partial charge in [-0.1, -0.05) is 44.5 Å². The number of hydrogen-bond acceptors (Lipinski definition) is 5. The monoisotopic (exact) mass is 483 g/mol. The summed E-state index contributed by atoms with van der Waals surface area (Å²) in [6.07, 6.45) is 4.63. The number of carbonyl (C=O) groups is 1. The highest BCUT2D eigenvalue weighted by Crippen LogP contribution is 2.28. The number of carbonyl (C=O) groups excluding carboxylic acids is 1. The van der Waals surface area contributed by atoms with Crippen molar-refractivity contribution in [3.8, 4) is 11.3 Å². The molecular formula is C25H29N3O3S2. The van der Waals surface area contributed by atoms with Crippen LogP contribution in [0.15, 0.2) is 58.8 Å². The zero-order valence-corrected chi connectivity index (χ0v) is 20.6. The van der Waals surface area contributed by atoms with Crippen LogP contribution in [0.4, 0.5) is 5.13 Å². The van der Waals surface area contributed by atoms with Crippen LogP contribution < -0.4 is 5.32 Å². The Labute approximate surface area is 199 Å². The fraction of sp³-hybridized carbons (Fsp3) is 0.360. The van der Waals surface area contributed by atoms with Crippen molar-refractivity contribution in [1.29, 1.82) is 0 Å². The van der Waals surface area contributed by atoms with Gasteiger partial charge in [0.1, 0.15) is 0 Å². The third kappa shape index (κ3) is 5.18. The van der Waals surface area contributed by atoms with Crippen molar-refractivity contribution in [2.24, 2.45) is 0 Å². The lowest BCUT2D eigenvalue weighted by molar-refractivity contribution is 0.102. The molecule has 0 spiro atoms. The van der Waals surface area contributed by atoms with E-state index >= 15 is 0 Å². The number of anilines is 1. The summed E-state index contributed by atoms with van der Waals surface area (Å²) >= 11 is 1.36. The van der Waals surface area contributed by atoms with E-state index < -0.39 is 10.0 Å². The zero-order chi connectivity index (χ0) is 23.4. The van der Waals surface area contributed by atoms with Gasteiger partial charge < -0.3 is 0 Å². The molecule has 0 bridgehead atoms. The van der Waals surface area contributed by atoms with Gasteiger partial charge in [0.2, 0.25) is 10.0 Å². The molecule has 0 saturated carbocycles. The van der Waals surface area contributed by atoms with Crippen LogP contribution >= 0.6 is 11.3 Å². The van der Waals surface area contributed by atoms with Crippen molar-refractivity contribution in [2.45, 2.75) is 56.9 Å². The number of nitrogens with zero attached hydrogens (tertiary/aromatic N) is 2. The summed E-state index contributed by atoms with van der Waals surface area (Å²) in [5.41, 5.74) is 3.47. The fourth-order valence-corrected chi connectivity index (χ4v) is 6.64. The summed E-state index contributed by atoms with van der Waals surface area (Å²) < 4.78 is 27.9. The zero-order valence-electron chi connectivity index (χ0n) is 19.0. The van der Waals surface area contributed by atoms with Crippen molar-refractivity contribution in [1.82, 2.24) is 9.29 Å². The smallest absolute Gasteiger partial charge is 0.257 e. The number of benzene rings is 2. The van der Waals surface area contributed by atoms with E-state index in [0.29, 0.717) is 17.2 Å². The molecule has 1 unspecified atom stereocenters. The molecular weight excluding hydrogens is 454 g/mol. The SMILES string of the molecule is CCc1ccc(-c2csc(NC(=O)c3ccc(S(=O)(=O)N4CCCCC4CC)cc3)n2)cc1. The van der Waals surface area contributed by atoms with Crippen LogP contribution in [0.1, 0.15) is 55.5 Å². The van der Waals surface area contributed by atoms with Gasteiger partial charge in [-0.25, -0.2) is 13.4 Å². The Morgan fingerprint density at radius 3 is 2.48 bits per heavy atom.